The fourth-order valence-electron chi connectivity index (χ4n) is 1.16. The zero-order valence-corrected chi connectivity index (χ0v) is 7.87. The summed E-state index contributed by atoms with van der Waals surface area (Å²) in [5.41, 5.74) is 5.32. The third-order valence-corrected chi connectivity index (χ3v) is 3.76. The molecule has 0 aromatic rings. The standard InChI is InChI=1S/C8H14N2S/c1-7(2)3-4-11-6-8(7,10)5-9/h3-4,6,10H2,1-2H3. The molecule has 0 amide bonds. The van der Waals surface area contributed by atoms with E-state index < -0.39 is 5.54 Å². The van der Waals surface area contributed by atoms with Crippen molar-refractivity contribution in [3.05, 3.63) is 0 Å². The smallest absolute Gasteiger partial charge is 0.118 e. The molecule has 0 aromatic carbocycles. The van der Waals surface area contributed by atoms with Gasteiger partial charge in [0.1, 0.15) is 5.54 Å². The zero-order valence-electron chi connectivity index (χ0n) is 7.05. The summed E-state index contributed by atoms with van der Waals surface area (Å²) in [6.45, 7) is 4.16. The van der Waals surface area contributed by atoms with Crippen molar-refractivity contribution >= 4 is 11.8 Å². The van der Waals surface area contributed by atoms with E-state index in [-0.39, 0.29) is 5.41 Å². The van der Waals surface area contributed by atoms with E-state index in [2.05, 4.69) is 19.9 Å². The first-order valence-corrected chi connectivity index (χ1v) is 4.95. The molecule has 0 spiro atoms. The molecule has 1 saturated heterocycles. The van der Waals surface area contributed by atoms with E-state index in [0.29, 0.717) is 0 Å². The second-order valence-electron chi connectivity index (χ2n) is 3.77. The maximum Gasteiger partial charge on any atom is 0.118 e. The summed E-state index contributed by atoms with van der Waals surface area (Å²) in [7, 11) is 0. The lowest BCUT2D eigenvalue weighted by atomic mass is 9.72. The first-order chi connectivity index (χ1) is 5.02. The van der Waals surface area contributed by atoms with Crippen LogP contribution in [0.3, 0.4) is 0 Å². The molecule has 62 valence electrons. The minimum Gasteiger partial charge on any atom is -0.312 e. The van der Waals surface area contributed by atoms with Crippen LogP contribution < -0.4 is 5.73 Å². The van der Waals surface area contributed by atoms with E-state index in [0.717, 1.165) is 17.9 Å². The van der Waals surface area contributed by atoms with Crippen molar-refractivity contribution in [3.63, 3.8) is 0 Å². The van der Waals surface area contributed by atoms with E-state index in [9.17, 15) is 0 Å². The van der Waals surface area contributed by atoms with Crippen molar-refractivity contribution < 1.29 is 0 Å². The molecular formula is C8H14N2S. The summed E-state index contributed by atoms with van der Waals surface area (Å²) in [6.07, 6.45) is 1.04. The van der Waals surface area contributed by atoms with Gasteiger partial charge in [-0.05, 0) is 17.6 Å². The number of nitrogens with zero attached hydrogens (tertiary/aromatic N) is 1. The van der Waals surface area contributed by atoms with Crippen molar-refractivity contribution in [2.45, 2.75) is 25.8 Å². The molecule has 1 heterocycles. The Morgan fingerprint density at radius 3 is 2.55 bits per heavy atom. The van der Waals surface area contributed by atoms with Gasteiger partial charge in [-0.2, -0.15) is 17.0 Å². The SMILES string of the molecule is CC1(C)CCSCC1(N)C#N. The molecule has 1 unspecified atom stereocenters. The number of hydrogen-bond donors (Lipinski definition) is 1. The van der Waals surface area contributed by atoms with E-state index in [4.69, 9.17) is 11.0 Å². The van der Waals surface area contributed by atoms with E-state index >= 15 is 0 Å². The third-order valence-electron chi connectivity index (χ3n) is 2.61. The molecule has 2 N–H and O–H groups in total. The third kappa shape index (κ3) is 1.38. The Labute approximate surface area is 72.1 Å². The van der Waals surface area contributed by atoms with Gasteiger partial charge in [0.05, 0.1) is 6.07 Å². The maximum absolute atomic E-state index is 8.90. The Kier molecular flexibility index (Phi) is 2.17. The van der Waals surface area contributed by atoms with Crippen LogP contribution >= 0.6 is 11.8 Å². The monoisotopic (exact) mass is 170 g/mol. The minimum absolute atomic E-state index is 0.0208. The topological polar surface area (TPSA) is 49.8 Å². The molecule has 0 saturated carbocycles. The quantitative estimate of drug-likeness (QED) is 0.597. The van der Waals surface area contributed by atoms with Crippen LogP contribution in [0, 0.1) is 16.7 Å². The molecule has 1 aliphatic heterocycles. The molecule has 0 aromatic heterocycles. The highest BCUT2D eigenvalue weighted by atomic mass is 32.2. The molecule has 2 nitrogen and oxygen atoms in total. The van der Waals surface area contributed by atoms with Gasteiger partial charge in [-0.25, -0.2) is 0 Å². The van der Waals surface area contributed by atoms with Crippen LogP contribution in [0.15, 0.2) is 0 Å². The first kappa shape index (κ1) is 8.89. The van der Waals surface area contributed by atoms with Crippen LogP contribution in [0.25, 0.3) is 0 Å². The second kappa shape index (κ2) is 2.69. The highest BCUT2D eigenvalue weighted by Crippen LogP contribution is 2.39. The van der Waals surface area contributed by atoms with Gasteiger partial charge in [0.2, 0.25) is 0 Å². The molecule has 1 atom stereocenters. The first-order valence-electron chi connectivity index (χ1n) is 3.80. The Hall–Kier alpha value is -0.200. The maximum atomic E-state index is 8.90. The van der Waals surface area contributed by atoms with Crippen molar-refractivity contribution in [2.75, 3.05) is 11.5 Å². The van der Waals surface area contributed by atoms with Crippen LogP contribution in [0.1, 0.15) is 20.3 Å². The Morgan fingerprint density at radius 2 is 2.18 bits per heavy atom. The van der Waals surface area contributed by atoms with Crippen molar-refractivity contribution in [3.8, 4) is 6.07 Å². The summed E-state index contributed by atoms with van der Waals surface area (Å²) in [4.78, 5) is 0. The fourth-order valence-corrected chi connectivity index (χ4v) is 2.74. The predicted octanol–water partition coefficient (Wildman–Crippen LogP) is 1.37. The average molecular weight is 170 g/mol. The summed E-state index contributed by atoms with van der Waals surface area (Å²) in [5.74, 6) is 1.91. The van der Waals surface area contributed by atoms with Gasteiger partial charge in [-0.3, -0.25) is 0 Å². The van der Waals surface area contributed by atoms with Gasteiger partial charge in [0.15, 0.2) is 0 Å². The van der Waals surface area contributed by atoms with Gasteiger partial charge in [-0.15, -0.1) is 0 Å². The van der Waals surface area contributed by atoms with Crippen LogP contribution in [0.4, 0.5) is 0 Å². The number of hydrogen-bond acceptors (Lipinski definition) is 3. The normalized spacial score (nSPS) is 36.2. The van der Waals surface area contributed by atoms with Crippen LogP contribution in [-0.4, -0.2) is 17.0 Å². The molecule has 1 fully saturated rings. The van der Waals surface area contributed by atoms with Gasteiger partial charge in [0, 0.05) is 5.75 Å². The van der Waals surface area contributed by atoms with Crippen LogP contribution in [0.2, 0.25) is 0 Å². The van der Waals surface area contributed by atoms with Crippen LogP contribution in [0.5, 0.6) is 0 Å². The minimum atomic E-state index is -0.615. The van der Waals surface area contributed by atoms with Crippen molar-refractivity contribution in [1.82, 2.24) is 0 Å². The summed E-state index contributed by atoms with van der Waals surface area (Å²) in [5, 5.41) is 8.90. The van der Waals surface area contributed by atoms with Gasteiger partial charge >= 0.3 is 0 Å². The van der Waals surface area contributed by atoms with Gasteiger partial charge in [-0.1, -0.05) is 13.8 Å². The molecule has 0 aliphatic carbocycles. The second-order valence-corrected chi connectivity index (χ2v) is 4.87. The predicted molar refractivity (Wildman–Crippen MR) is 48.3 cm³/mol. The van der Waals surface area contributed by atoms with Gasteiger partial charge in [0.25, 0.3) is 0 Å². The Balaban J connectivity index is 2.85. The Bertz CT molecular complexity index is 195. The van der Waals surface area contributed by atoms with E-state index in [1.807, 2.05) is 0 Å². The largest absolute Gasteiger partial charge is 0.312 e. The number of nitrogens with two attached hydrogens (primary N) is 1. The van der Waals surface area contributed by atoms with E-state index in [1.54, 1.807) is 11.8 Å². The molecule has 11 heavy (non-hydrogen) atoms. The highest BCUT2D eigenvalue weighted by Gasteiger charge is 2.44. The number of nitriles is 1. The highest BCUT2D eigenvalue weighted by molar-refractivity contribution is 7.99. The number of rotatable bonds is 0. The molecule has 3 heteroatoms. The fraction of sp³-hybridized carbons (Fsp3) is 0.875. The molecule has 1 aliphatic rings. The lowest BCUT2D eigenvalue weighted by molar-refractivity contribution is 0.229. The molecule has 0 bridgehead atoms. The van der Waals surface area contributed by atoms with Crippen LogP contribution in [-0.2, 0) is 0 Å². The molecule has 0 radical (unpaired) electrons. The van der Waals surface area contributed by atoms with Crippen molar-refractivity contribution in [2.24, 2.45) is 11.1 Å². The lowest BCUT2D eigenvalue weighted by Gasteiger charge is -2.42. The lowest BCUT2D eigenvalue weighted by Crippen LogP contribution is -2.56. The zero-order chi connectivity index (χ0) is 8.54. The molecular weight excluding hydrogens is 156 g/mol. The average Bonchev–Trinajstić information content (AvgIpc) is 1.95. The Morgan fingerprint density at radius 1 is 1.55 bits per heavy atom. The van der Waals surface area contributed by atoms with Crippen molar-refractivity contribution in [1.29, 1.82) is 5.26 Å². The summed E-state index contributed by atoms with van der Waals surface area (Å²) in [6, 6.07) is 2.23. The number of thioether (sulfide) groups is 1. The van der Waals surface area contributed by atoms with E-state index in [1.165, 1.54) is 0 Å². The summed E-state index contributed by atoms with van der Waals surface area (Å²) >= 11 is 1.78. The molecule has 1 rings (SSSR count). The van der Waals surface area contributed by atoms with Gasteiger partial charge < -0.3 is 5.73 Å². The summed E-state index contributed by atoms with van der Waals surface area (Å²) < 4.78 is 0.